The molecule has 1 aliphatic carbocycles. The lowest BCUT2D eigenvalue weighted by atomic mass is 9.87. The topological polar surface area (TPSA) is 95.6 Å². The molecule has 3 saturated heterocycles. The Morgan fingerprint density at radius 3 is 2.43 bits per heavy atom. The molecule has 0 aromatic rings. The third-order valence-corrected chi connectivity index (χ3v) is 7.30. The highest BCUT2D eigenvalue weighted by Gasteiger charge is 2.36. The van der Waals surface area contributed by atoms with Crippen LogP contribution in [0, 0.1) is 11.8 Å². The zero-order chi connectivity index (χ0) is 20.8. The van der Waals surface area contributed by atoms with Crippen LogP contribution in [0.1, 0.15) is 38.5 Å². The van der Waals surface area contributed by atoms with Gasteiger partial charge in [0, 0.05) is 51.7 Å². The van der Waals surface area contributed by atoms with Gasteiger partial charge >= 0.3 is 0 Å². The van der Waals surface area contributed by atoms with E-state index in [2.05, 4.69) is 36.8 Å². The third-order valence-electron chi connectivity index (χ3n) is 7.30. The minimum atomic E-state index is -0.599. The maximum absolute atomic E-state index is 13.5. The Morgan fingerprint density at radius 1 is 0.933 bits per heavy atom. The van der Waals surface area contributed by atoms with Crippen LogP contribution < -0.4 is 31.9 Å². The molecule has 0 aromatic carbocycles. The highest BCUT2D eigenvalue weighted by molar-refractivity contribution is 4.90. The van der Waals surface area contributed by atoms with Crippen LogP contribution in [0.25, 0.3) is 0 Å². The van der Waals surface area contributed by atoms with E-state index in [0.717, 1.165) is 78.0 Å². The molecule has 4 rings (SSSR count). The van der Waals surface area contributed by atoms with Gasteiger partial charge in [0.15, 0.2) is 0 Å². The molecule has 0 radical (unpaired) electrons. The van der Waals surface area contributed by atoms with Gasteiger partial charge in [-0.3, -0.25) is 20.9 Å². The summed E-state index contributed by atoms with van der Waals surface area (Å²) in [5.74, 6) is 0.783. The predicted octanol–water partition coefficient (Wildman–Crippen LogP) is -0.912. The maximum atomic E-state index is 13.5. The zero-order valence-electron chi connectivity index (χ0n) is 18.2. The number of hydrogen-bond donors (Lipinski definition) is 7. The quantitative estimate of drug-likeness (QED) is 0.281. The number of halogens is 1. The van der Waals surface area contributed by atoms with E-state index in [-0.39, 0.29) is 24.4 Å². The zero-order valence-corrected chi connectivity index (χ0v) is 18.2. The van der Waals surface area contributed by atoms with Crippen molar-refractivity contribution in [1.29, 1.82) is 0 Å². The van der Waals surface area contributed by atoms with E-state index in [1.165, 1.54) is 0 Å². The first-order valence-electron chi connectivity index (χ1n) is 12.1. The number of rotatable bonds is 7. The monoisotopic (exact) mass is 427 g/mol. The fourth-order valence-electron chi connectivity index (χ4n) is 5.48. The number of hydrogen-bond acceptors (Lipinski definition) is 8. The summed E-state index contributed by atoms with van der Waals surface area (Å²) >= 11 is 0. The Kier molecular flexibility index (Phi) is 8.71. The van der Waals surface area contributed by atoms with Gasteiger partial charge in [0.1, 0.15) is 12.4 Å². The lowest BCUT2D eigenvalue weighted by molar-refractivity contribution is -0.0668. The summed E-state index contributed by atoms with van der Waals surface area (Å²) in [6.07, 6.45) is 4.76. The fraction of sp³-hybridized carbons (Fsp3) is 1.00. The number of piperazine rings is 2. The van der Waals surface area contributed by atoms with E-state index in [9.17, 15) is 9.50 Å². The standard InChI is InChI=1S/C21H42FN7O/c22-17-3-1-15(2-4-17)13-26-18-11-16(21(30)29-9-7-23-8-10-29)12-19(27-18)28-20-14-24-5-6-25-20/h15-21,23-28,30H,1-14H2/t15?,16-,17?,18?,19?,20?,21?/m1/s1. The van der Waals surface area contributed by atoms with Gasteiger partial charge in [-0.15, -0.1) is 0 Å². The summed E-state index contributed by atoms with van der Waals surface area (Å²) in [5.41, 5.74) is 0. The molecule has 1 saturated carbocycles. The summed E-state index contributed by atoms with van der Waals surface area (Å²) in [7, 11) is 0. The first kappa shape index (κ1) is 22.8. The van der Waals surface area contributed by atoms with Crippen LogP contribution in [-0.4, -0.2) is 93.3 Å². The molecule has 3 heterocycles. The summed E-state index contributed by atoms with van der Waals surface area (Å²) < 4.78 is 13.5. The molecule has 4 aliphatic rings. The van der Waals surface area contributed by atoms with Gasteiger partial charge in [-0.1, -0.05) is 0 Å². The average Bonchev–Trinajstić information content (AvgIpc) is 2.79. The molecule has 9 heteroatoms. The van der Waals surface area contributed by atoms with Crippen molar-refractivity contribution in [2.75, 3.05) is 52.4 Å². The molecular formula is C21H42FN7O. The predicted molar refractivity (Wildman–Crippen MR) is 117 cm³/mol. The van der Waals surface area contributed by atoms with Crippen LogP contribution in [0.15, 0.2) is 0 Å². The SMILES string of the molecule is OC([C@@H]1CC(NCC2CCC(F)CC2)NC(NC2CNCCN2)C1)N1CCNCC1. The van der Waals surface area contributed by atoms with Crippen molar-refractivity contribution in [3.8, 4) is 0 Å². The van der Waals surface area contributed by atoms with Gasteiger partial charge in [-0.05, 0) is 51.0 Å². The number of nitrogens with one attached hydrogen (secondary N) is 6. The lowest BCUT2D eigenvalue weighted by Gasteiger charge is -2.44. The van der Waals surface area contributed by atoms with Crippen LogP contribution in [-0.2, 0) is 0 Å². The Morgan fingerprint density at radius 2 is 1.70 bits per heavy atom. The second kappa shape index (κ2) is 11.5. The number of alkyl halides is 1. The molecule has 0 amide bonds. The summed E-state index contributed by atoms with van der Waals surface area (Å²) in [6, 6.07) is 0. The van der Waals surface area contributed by atoms with Crippen LogP contribution >= 0.6 is 0 Å². The Labute approximate surface area is 180 Å². The van der Waals surface area contributed by atoms with Crippen LogP contribution in [0.2, 0.25) is 0 Å². The third kappa shape index (κ3) is 6.56. The van der Waals surface area contributed by atoms with Crippen molar-refractivity contribution in [3.63, 3.8) is 0 Å². The molecule has 3 aliphatic heterocycles. The van der Waals surface area contributed by atoms with Gasteiger partial charge in [0.05, 0.1) is 18.5 Å². The minimum Gasteiger partial charge on any atom is -0.378 e. The number of aliphatic hydroxyl groups is 1. The largest absolute Gasteiger partial charge is 0.378 e. The molecule has 4 unspecified atom stereocenters. The molecule has 5 atom stereocenters. The second-order valence-electron chi connectivity index (χ2n) is 9.61. The Bertz CT molecular complexity index is 496. The van der Waals surface area contributed by atoms with Crippen molar-refractivity contribution < 1.29 is 9.50 Å². The molecule has 0 bridgehead atoms. The van der Waals surface area contributed by atoms with E-state index >= 15 is 0 Å². The molecule has 174 valence electrons. The smallest absolute Gasteiger partial charge is 0.110 e. The van der Waals surface area contributed by atoms with Gasteiger partial charge < -0.3 is 21.1 Å². The lowest BCUT2D eigenvalue weighted by Crippen LogP contribution is -2.66. The van der Waals surface area contributed by atoms with Crippen molar-refractivity contribution in [1.82, 2.24) is 36.8 Å². The first-order chi connectivity index (χ1) is 14.7. The van der Waals surface area contributed by atoms with Crippen molar-refractivity contribution >= 4 is 0 Å². The maximum Gasteiger partial charge on any atom is 0.110 e. The van der Waals surface area contributed by atoms with E-state index in [1.54, 1.807) is 0 Å². The highest BCUT2D eigenvalue weighted by atomic mass is 19.1. The molecule has 7 N–H and O–H groups in total. The average molecular weight is 428 g/mol. The minimum absolute atomic E-state index is 0.151. The van der Waals surface area contributed by atoms with Gasteiger partial charge in [0.2, 0.25) is 0 Å². The van der Waals surface area contributed by atoms with Crippen molar-refractivity contribution in [3.05, 3.63) is 0 Å². The van der Waals surface area contributed by atoms with Gasteiger partial charge in [0.25, 0.3) is 0 Å². The Hall–Kier alpha value is -0.390. The van der Waals surface area contributed by atoms with E-state index in [4.69, 9.17) is 0 Å². The van der Waals surface area contributed by atoms with Crippen LogP contribution in [0.3, 0.4) is 0 Å². The normalized spacial score (nSPS) is 40.2. The molecule has 0 aromatic heterocycles. The summed E-state index contributed by atoms with van der Waals surface area (Å²) in [5, 5.41) is 32.6. The van der Waals surface area contributed by atoms with Gasteiger partial charge in [-0.2, -0.15) is 0 Å². The molecular weight excluding hydrogens is 385 g/mol. The molecule has 0 spiro atoms. The molecule has 4 fully saturated rings. The van der Waals surface area contributed by atoms with Crippen LogP contribution in [0.4, 0.5) is 4.39 Å². The highest BCUT2D eigenvalue weighted by Crippen LogP contribution is 2.27. The number of nitrogens with zero attached hydrogens (tertiary/aromatic N) is 1. The fourth-order valence-corrected chi connectivity index (χ4v) is 5.48. The number of piperidine rings is 1. The van der Waals surface area contributed by atoms with Gasteiger partial charge in [-0.25, -0.2) is 4.39 Å². The molecule has 30 heavy (non-hydrogen) atoms. The van der Waals surface area contributed by atoms with Crippen molar-refractivity contribution in [2.24, 2.45) is 11.8 Å². The summed E-state index contributed by atoms with van der Waals surface area (Å²) in [4.78, 5) is 2.23. The molecule has 8 nitrogen and oxygen atoms in total. The van der Waals surface area contributed by atoms with E-state index < -0.39 is 12.4 Å². The van der Waals surface area contributed by atoms with E-state index in [0.29, 0.717) is 18.8 Å². The van der Waals surface area contributed by atoms with E-state index in [1.807, 2.05) is 0 Å². The number of aliphatic hydroxyl groups excluding tert-OH is 1. The second-order valence-corrected chi connectivity index (χ2v) is 9.61. The Balaban J connectivity index is 1.33. The summed E-state index contributed by atoms with van der Waals surface area (Å²) in [6.45, 7) is 7.51. The van der Waals surface area contributed by atoms with Crippen molar-refractivity contribution in [2.45, 2.75) is 69.4 Å². The first-order valence-corrected chi connectivity index (χ1v) is 12.1. The van der Waals surface area contributed by atoms with Crippen LogP contribution in [0.5, 0.6) is 0 Å².